The summed E-state index contributed by atoms with van der Waals surface area (Å²) in [4.78, 5) is 10.7. The monoisotopic (exact) mass is 238 g/mol. The molecule has 17 heavy (non-hydrogen) atoms. The number of hydrogen-bond donors (Lipinski definition) is 1. The molecule has 88 valence electrons. The topological polar surface area (TPSA) is 55.1 Å². The zero-order valence-electron chi connectivity index (χ0n) is 8.82. The van der Waals surface area contributed by atoms with Crippen LogP contribution in [-0.2, 0) is 0 Å². The number of halogens is 2. The number of carboxylic acid groups (broad SMARTS) is 1. The van der Waals surface area contributed by atoms with Gasteiger partial charge in [0.15, 0.2) is 5.69 Å². The number of aromatic nitrogens is 2. The number of aromatic carboxylic acids is 1. The molecule has 0 bridgehead atoms. The Morgan fingerprint density at radius 3 is 2.29 bits per heavy atom. The first kappa shape index (κ1) is 11.3. The van der Waals surface area contributed by atoms with Crippen LogP contribution in [0.5, 0.6) is 0 Å². The van der Waals surface area contributed by atoms with E-state index >= 15 is 0 Å². The van der Waals surface area contributed by atoms with Crippen LogP contribution in [-0.4, -0.2) is 20.9 Å². The number of benzene rings is 1. The van der Waals surface area contributed by atoms with Gasteiger partial charge in [-0.1, -0.05) is 0 Å². The third-order valence-corrected chi connectivity index (χ3v) is 2.20. The Labute approximate surface area is 95.1 Å². The molecule has 1 N–H and O–H groups in total. The van der Waals surface area contributed by atoms with Crippen LogP contribution in [0.2, 0.25) is 0 Å². The quantitative estimate of drug-likeness (QED) is 0.872. The van der Waals surface area contributed by atoms with E-state index in [-0.39, 0.29) is 11.4 Å². The van der Waals surface area contributed by atoms with E-state index in [9.17, 15) is 13.6 Å². The van der Waals surface area contributed by atoms with Crippen molar-refractivity contribution in [1.29, 1.82) is 0 Å². The van der Waals surface area contributed by atoms with E-state index in [2.05, 4.69) is 5.10 Å². The lowest BCUT2D eigenvalue weighted by atomic mass is 10.3. The molecule has 0 atom stereocenters. The highest BCUT2D eigenvalue weighted by atomic mass is 19.1. The summed E-state index contributed by atoms with van der Waals surface area (Å²) < 4.78 is 27.2. The fraction of sp³-hybridized carbons (Fsp3) is 0.0909. The highest BCUT2D eigenvalue weighted by molar-refractivity contribution is 5.85. The van der Waals surface area contributed by atoms with Crippen LogP contribution in [0.3, 0.4) is 0 Å². The molecule has 0 aliphatic heterocycles. The third kappa shape index (κ3) is 2.15. The summed E-state index contributed by atoms with van der Waals surface area (Å²) >= 11 is 0. The van der Waals surface area contributed by atoms with E-state index in [1.165, 1.54) is 10.7 Å². The molecule has 1 heterocycles. The molecule has 0 unspecified atom stereocenters. The Kier molecular flexibility index (Phi) is 2.63. The second-order valence-corrected chi connectivity index (χ2v) is 3.52. The summed E-state index contributed by atoms with van der Waals surface area (Å²) in [5.74, 6) is -2.68. The molecule has 0 fully saturated rings. The van der Waals surface area contributed by atoms with Crippen molar-refractivity contribution in [1.82, 2.24) is 9.78 Å². The van der Waals surface area contributed by atoms with Crippen LogP contribution < -0.4 is 0 Å². The Morgan fingerprint density at radius 2 is 1.82 bits per heavy atom. The van der Waals surface area contributed by atoms with Crippen LogP contribution in [0.25, 0.3) is 5.69 Å². The van der Waals surface area contributed by atoms with E-state index in [1.54, 1.807) is 6.92 Å². The highest BCUT2D eigenvalue weighted by Gasteiger charge is 2.12. The van der Waals surface area contributed by atoms with Crippen molar-refractivity contribution in [3.8, 4) is 5.69 Å². The average molecular weight is 238 g/mol. The van der Waals surface area contributed by atoms with Crippen molar-refractivity contribution in [3.05, 3.63) is 47.3 Å². The lowest BCUT2D eigenvalue weighted by Crippen LogP contribution is -2.03. The second kappa shape index (κ2) is 3.97. The zero-order valence-corrected chi connectivity index (χ0v) is 8.82. The summed E-state index contributed by atoms with van der Waals surface area (Å²) in [6, 6.07) is 4.22. The average Bonchev–Trinajstić information content (AvgIpc) is 2.59. The molecule has 0 aliphatic rings. The lowest BCUT2D eigenvalue weighted by Gasteiger charge is -2.04. The van der Waals surface area contributed by atoms with Crippen LogP contribution in [0, 0.1) is 18.6 Å². The maximum absolute atomic E-state index is 13.0. The number of carbonyl (C=O) groups is 1. The summed E-state index contributed by atoms with van der Waals surface area (Å²) in [5, 5.41) is 12.5. The minimum atomic E-state index is -1.19. The number of rotatable bonds is 2. The normalized spacial score (nSPS) is 10.5. The molecule has 0 saturated heterocycles. The number of aryl methyl sites for hydroxylation is 1. The minimum Gasteiger partial charge on any atom is -0.476 e. The molecular formula is C11H8F2N2O2. The van der Waals surface area contributed by atoms with Gasteiger partial charge < -0.3 is 5.11 Å². The van der Waals surface area contributed by atoms with Crippen LogP contribution in [0.15, 0.2) is 24.3 Å². The number of hydrogen-bond acceptors (Lipinski definition) is 2. The molecule has 0 saturated carbocycles. The van der Waals surface area contributed by atoms with Gasteiger partial charge in [-0.05, 0) is 25.1 Å². The van der Waals surface area contributed by atoms with Crippen molar-refractivity contribution in [2.24, 2.45) is 0 Å². The molecule has 0 amide bonds. The standard InChI is InChI=1S/C11H8F2N2O2/c1-6-2-10(11(16)17)14-15(6)9-4-7(12)3-8(13)5-9/h2-5H,1H3,(H,16,17). The fourth-order valence-electron chi connectivity index (χ4n) is 1.50. The molecule has 2 aromatic rings. The van der Waals surface area contributed by atoms with Crippen molar-refractivity contribution in [2.45, 2.75) is 6.92 Å². The Bertz CT molecular complexity index is 573. The van der Waals surface area contributed by atoms with Crippen molar-refractivity contribution < 1.29 is 18.7 Å². The first-order valence-electron chi connectivity index (χ1n) is 4.74. The third-order valence-electron chi connectivity index (χ3n) is 2.20. The Balaban J connectivity index is 2.56. The predicted molar refractivity (Wildman–Crippen MR) is 55.2 cm³/mol. The second-order valence-electron chi connectivity index (χ2n) is 3.52. The Morgan fingerprint density at radius 1 is 1.24 bits per heavy atom. The van der Waals surface area contributed by atoms with Gasteiger partial charge in [0.05, 0.1) is 5.69 Å². The SMILES string of the molecule is Cc1cc(C(=O)O)nn1-c1cc(F)cc(F)c1. The number of carboxylic acids is 1. The zero-order chi connectivity index (χ0) is 12.6. The first-order valence-corrected chi connectivity index (χ1v) is 4.74. The molecule has 1 aromatic carbocycles. The van der Waals surface area contributed by atoms with Crippen molar-refractivity contribution in [3.63, 3.8) is 0 Å². The van der Waals surface area contributed by atoms with Gasteiger partial charge in [-0.15, -0.1) is 0 Å². The van der Waals surface area contributed by atoms with Crippen LogP contribution in [0.1, 0.15) is 16.2 Å². The van der Waals surface area contributed by atoms with Gasteiger partial charge in [-0.2, -0.15) is 5.10 Å². The van der Waals surface area contributed by atoms with Gasteiger partial charge in [0.1, 0.15) is 11.6 Å². The smallest absolute Gasteiger partial charge is 0.356 e. The summed E-state index contributed by atoms with van der Waals surface area (Å²) in [6.07, 6.45) is 0. The summed E-state index contributed by atoms with van der Waals surface area (Å²) in [6.45, 7) is 1.60. The van der Waals surface area contributed by atoms with Crippen LogP contribution >= 0.6 is 0 Å². The summed E-state index contributed by atoms with van der Waals surface area (Å²) in [7, 11) is 0. The first-order chi connectivity index (χ1) is 7.97. The molecule has 0 aliphatic carbocycles. The van der Waals surface area contributed by atoms with E-state index in [1.807, 2.05) is 0 Å². The van der Waals surface area contributed by atoms with Crippen molar-refractivity contribution >= 4 is 5.97 Å². The van der Waals surface area contributed by atoms with Crippen LogP contribution in [0.4, 0.5) is 8.78 Å². The van der Waals surface area contributed by atoms with E-state index < -0.39 is 17.6 Å². The lowest BCUT2D eigenvalue weighted by molar-refractivity contribution is 0.0690. The van der Waals surface area contributed by atoms with Gasteiger partial charge in [-0.25, -0.2) is 18.3 Å². The molecule has 4 nitrogen and oxygen atoms in total. The molecular weight excluding hydrogens is 230 g/mol. The maximum Gasteiger partial charge on any atom is 0.356 e. The predicted octanol–water partition coefficient (Wildman–Crippen LogP) is 2.16. The molecule has 6 heteroatoms. The highest BCUT2D eigenvalue weighted by Crippen LogP contribution is 2.15. The molecule has 0 spiro atoms. The van der Waals surface area contributed by atoms with Gasteiger partial charge in [0.2, 0.25) is 0 Å². The molecule has 0 radical (unpaired) electrons. The Hall–Kier alpha value is -2.24. The molecule has 2 rings (SSSR count). The van der Waals surface area contributed by atoms with Gasteiger partial charge >= 0.3 is 5.97 Å². The number of nitrogens with zero attached hydrogens (tertiary/aromatic N) is 2. The largest absolute Gasteiger partial charge is 0.476 e. The maximum atomic E-state index is 13.0. The van der Waals surface area contributed by atoms with Gasteiger partial charge in [0.25, 0.3) is 0 Å². The van der Waals surface area contributed by atoms with Crippen molar-refractivity contribution in [2.75, 3.05) is 0 Å². The van der Waals surface area contributed by atoms with E-state index in [0.29, 0.717) is 5.69 Å². The van der Waals surface area contributed by atoms with Gasteiger partial charge in [0, 0.05) is 11.8 Å². The minimum absolute atomic E-state index is 0.146. The van der Waals surface area contributed by atoms with E-state index in [4.69, 9.17) is 5.11 Å². The summed E-state index contributed by atoms with van der Waals surface area (Å²) in [5.41, 5.74) is 0.451. The molecule has 1 aromatic heterocycles. The fourth-order valence-corrected chi connectivity index (χ4v) is 1.50. The van der Waals surface area contributed by atoms with E-state index in [0.717, 1.165) is 18.2 Å². The van der Waals surface area contributed by atoms with Gasteiger partial charge in [-0.3, -0.25) is 0 Å².